The van der Waals surface area contributed by atoms with Gasteiger partial charge in [0.15, 0.2) is 0 Å². The third kappa shape index (κ3) is 4.46. The van der Waals surface area contributed by atoms with E-state index in [4.69, 9.17) is 9.47 Å². The Morgan fingerprint density at radius 2 is 1.81 bits per heavy atom. The Kier molecular flexibility index (Phi) is 5.89. The molecule has 1 unspecified atom stereocenters. The standard InChI is InChI=1S/C23H22N4O5/c1-25(22-21(27(29)30)4-3-13-24-22)17-7-11-20(12-8-17)32-19-9-5-16(6-10-19)14-18-15-31-23(28)26(18)2/h3-13,18H,14-15H2,1-2H3. The number of rotatable bonds is 7. The molecule has 4 rings (SSSR count). The van der Waals surface area contributed by atoms with Gasteiger partial charge in [-0.1, -0.05) is 12.1 Å². The molecule has 2 aromatic carbocycles. The number of ether oxygens (including phenoxy) is 2. The van der Waals surface area contributed by atoms with Crippen molar-refractivity contribution in [2.45, 2.75) is 12.5 Å². The fourth-order valence-electron chi connectivity index (χ4n) is 3.48. The summed E-state index contributed by atoms with van der Waals surface area (Å²) in [4.78, 5) is 29.7. The highest BCUT2D eigenvalue weighted by molar-refractivity contribution is 5.70. The number of benzene rings is 2. The third-order valence-corrected chi connectivity index (χ3v) is 5.37. The highest BCUT2D eigenvalue weighted by Crippen LogP contribution is 2.31. The molecule has 9 heteroatoms. The van der Waals surface area contributed by atoms with Gasteiger partial charge in [0, 0.05) is 32.0 Å². The number of carbonyl (C=O) groups excluding carboxylic acids is 1. The molecule has 3 aromatic rings. The Bertz CT molecular complexity index is 1120. The van der Waals surface area contributed by atoms with Crippen LogP contribution >= 0.6 is 0 Å². The van der Waals surface area contributed by atoms with Gasteiger partial charge in [-0.2, -0.15) is 0 Å². The number of pyridine rings is 1. The van der Waals surface area contributed by atoms with E-state index in [0.717, 1.165) is 11.3 Å². The van der Waals surface area contributed by atoms with Crippen molar-refractivity contribution in [3.05, 3.63) is 82.5 Å². The van der Waals surface area contributed by atoms with Gasteiger partial charge in [-0.05, 0) is 54.4 Å². The van der Waals surface area contributed by atoms with Gasteiger partial charge in [-0.3, -0.25) is 10.1 Å². The Morgan fingerprint density at radius 3 is 2.41 bits per heavy atom. The lowest BCUT2D eigenvalue weighted by Crippen LogP contribution is -2.30. The van der Waals surface area contributed by atoms with Crippen molar-refractivity contribution in [1.82, 2.24) is 9.88 Å². The van der Waals surface area contributed by atoms with Crippen molar-refractivity contribution in [2.75, 3.05) is 25.6 Å². The Hall–Kier alpha value is -4.14. The molecule has 2 heterocycles. The second-order valence-corrected chi connectivity index (χ2v) is 7.45. The van der Waals surface area contributed by atoms with Crippen LogP contribution in [0.25, 0.3) is 0 Å². The van der Waals surface area contributed by atoms with Crippen LogP contribution in [0.1, 0.15) is 5.56 Å². The van der Waals surface area contributed by atoms with Crippen LogP contribution in [0.5, 0.6) is 11.5 Å². The SMILES string of the molecule is CN(c1ccc(Oc2ccc(CC3COC(=O)N3C)cc2)cc1)c1ncccc1[N+](=O)[O-]. The summed E-state index contributed by atoms with van der Waals surface area (Å²) in [6.07, 6.45) is 1.94. The molecule has 1 aliphatic heterocycles. The Morgan fingerprint density at radius 1 is 1.16 bits per heavy atom. The van der Waals surface area contributed by atoms with Gasteiger partial charge in [0.2, 0.25) is 5.82 Å². The molecule has 0 bridgehead atoms. The summed E-state index contributed by atoms with van der Waals surface area (Å²) in [5.41, 5.74) is 1.77. The van der Waals surface area contributed by atoms with Crippen LogP contribution in [0, 0.1) is 10.1 Å². The number of cyclic esters (lactones) is 1. The van der Waals surface area contributed by atoms with Gasteiger partial charge in [-0.15, -0.1) is 0 Å². The van der Waals surface area contributed by atoms with E-state index in [1.54, 1.807) is 36.0 Å². The van der Waals surface area contributed by atoms with Crippen LogP contribution < -0.4 is 9.64 Å². The van der Waals surface area contributed by atoms with Crippen molar-refractivity contribution in [2.24, 2.45) is 0 Å². The van der Waals surface area contributed by atoms with Crippen molar-refractivity contribution < 1.29 is 19.2 Å². The van der Waals surface area contributed by atoms with E-state index >= 15 is 0 Å². The highest BCUT2D eigenvalue weighted by Gasteiger charge is 2.29. The molecule has 1 aromatic heterocycles. The lowest BCUT2D eigenvalue weighted by atomic mass is 10.1. The lowest BCUT2D eigenvalue weighted by Gasteiger charge is -2.18. The maximum Gasteiger partial charge on any atom is 0.409 e. The number of aromatic nitrogens is 1. The number of hydrogen-bond acceptors (Lipinski definition) is 7. The minimum Gasteiger partial charge on any atom is -0.457 e. The molecule has 0 radical (unpaired) electrons. The van der Waals surface area contributed by atoms with Gasteiger partial charge >= 0.3 is 11.8 Å². The quantitative estimate of drug-likeness (QED) is 0.398. The molecule has 1 aliphatic rings. The van der Waals surface area contributed by atoms with Crippen LogP contribution in [0.15, 0.2) is 66.9 Å². The molecule has 0 N–H and O–H groups in total. The molecule has 9 nitrogen and oxygen atoms in total. The monoisotopic (exact) mass is 434 g/mol. The second kappa shape index (κ2) is 8.93. The first-order chi connectivity index (χ1) is 15.4. The summed E-state index contributed by atoms with van der Waals surface area (Å²) >= 11 is 0. The fourth-order valence-corrected chi connectivity index (χ4v) is 3.48. The average Bonchev–Trinajstić information content (AvgIpc) is 3.12. The zero-order valence-electron chi connectivity index (χ0n) is 17.7. The molecule has 1 amide bonds. The number of likely N-dealkylation sites (N-methyl/N-ethyl adjacent to an activating group) is 1. The van der Waals surface area contributed by atoms with Gasteiger partial charge in [0.25, 0.3) is 0 Å². The number of amides is 1. The summed E-state index contributed by atoms with van der Waals surface area (Å²) < 4.78 is 11.0. The normalized spacial score (nSPS) is 15.4. The first kappa shape index (κ1) is 21.1. The molecule has 1 atom stereocenters. The van der Waals surface area contributed by atoms with Crippen LogP contribution in [-0.2, 0) is 11.2 Å². The van der Waals surface area contributed by atoms with E-state index in [9.17, 15) is 14.9 Å². The molecule has 164 valence electrons. The minimum absolute atomic E-state index is 0.0359. The number of hydrogen-bond donors (Lipinski definition) is 0. The van der Waals surface area contributed by atoms with Crippen molar-refractivity contribution in [3.8, 4) is 11.5 Å². The summed E-state index contributed by atoms with van der Waals surface area (Å²) in [7, 11) is 3.47. The Balaban J connectivity index is 1.41. The van der Waals surface area contributed by atoms with Gasteiger partial charge in [0.1, 0.15) is 18.1 Å². The number of carbonyl (C=O) groups is 1. The van der Waals surface area contributed by atoms with E-state index in [1.165, 1.54) is 18.3 Å². The summed E-state index contributed by atoms with van der Waals surface area (Å²) in [6, 6.07) is 17.9. The smallest absolute Gasteiger partial charge is 0.409 e. The topological polar surface area (TPSA) is 98.0 Å². The largest absolute Gasteiger partial charge is 0.457 e. The van der Waals surface area contributed by atoms with E-state index < -0.39 is 4.92 Å². The maximum atomic E-state index is 11.5. The van der Waals surface area contributed by atoms with Crippen LogP contribution in [0.3, 0.4) is 0 Å². The molecule has 0 aliphatic carbocycles. The molecule has 32 heavy (non-hydrogen) atoms. The second-order valence-electron chi connectivity index (χ2n) is 7.45. The molecular formula is C23H22N4O5. The van der Waals surface area contributed by atoms with Gasteiger partial charge in [0.05, 0.1) is 11.0 Å². The highest BCUT2D eigenvalue weighted by atomic mass is 16.6. The predicted molar refractivity (Wildman–Crippen MR) is 119 cm³/mol. The first-order valence-corrected chi connectivity index (χ1v) is 10.0. The third-order valence-electron chi connectivity index (χ3n) is 5.37. The van der Waals surface area contributed by atoms with Gasteiger partial charge < -0.3 is 19.3 Å². The van der Waals surface area contributed by atoms with Crippen LogP contribution in [-0.4, -0.2) is 47.6 Å². The number of nitrogens with zero attached hydrogens (tertiary/aromatic N) is 4. The average molecular weight is 434 g/mol. The minimum atomic E-state index is -0.449. The molecule has 1 fully saturated rings. The van der Waals surface area contributed by atoms with Crippen molar-refractivity contribution in [1.29, 1.82) is 0 Å². The number of anilines is 2. The Labute approximate surface area is 185 Å². The lowest BCUT2D eigenvalue weighted by molar-refractivity contribution is -0.384. The van der Waals surface area contributed by atoms with E-state index in [-0.39, 0.29) is 23.6 Å². The predicted octanol–water partition coefficient (Wildman–Crippen LogP) is 4.54. The zero-order chi connectivity index (χ0) is 22.7. The summed E-state index contributed by atoms with van der Waals surface area (Å²) in [6.45, 7) is 0.399. The zero-order valence-corrected chi connectivity index (χ0v) is 17.7. The number of nitro groups is 1. The van der Waals surface area contributed by atoms with Crippen LogP contribution in [0.4, 0.5) is 22.0 Å². The molecular weight excluding hydrogens is 412 g/mol. The summed E-state index contributed by atoms with van der Waals surface area (Å²) in [5, 5.41) is 11.3. The van der Waals surface area contributed by atoms with E-state index in [2.05, 4.69) is 4.98 Å². The van der Waals surface area contributed by atoms with Gasteiger partial charge in [-0.25, -0.2) is 9.78 Å². The summed E-state index contributed by atoms with van der Waals surface area (Å²) in [5.74, 6) is 1.59. The molecule has 1 saturated heterocycles. The fraction of sp³-hybridized carbons (Fsp3) is 0.217. The van der Waals surface area contributed by atoms with Crippen molar-refractivity contribution in [3.63, 3.8) is 0 Å². The molecule has 0 saturated carbocycles. The first-order valence-electron chi connectivity index (χ1n) is 10.0. The molecule has 0 spiro atoms. The van der Waals surface area contributed by atoms with Crippen molar-refractivity contribution >= 4 is 23.3 Å². The van der Waals surface area contributed by atoms with Crippen LogP contribution in [0.2, 0.25) is 0 Å². The van der Waals surface area contributed by atoms with E-state index in [0.29, 0.717) is 24.5 Å². The van der Waals surface area contributed by atoms with E-state index in [1.807, 2.05) is 36.4 Å². The maximum absolute atomic E-state index is 11.5.